The molecule has 0 saturated carbocycles. The summed E-state index contributed by atoms with van der Waals surface area (Å²) in [6.45, 7) is 0.815. The average Bonchev–Trinajstić information content (AvgIpc) is 2.53. The molecule has 0 aliphatic carbocycles. The number of nitrogens with one attached hydrogen (secondary N) is 1. The molecule has 0 fully saturated rings. The zero-order valence-electron chi connectivity index (χ0n) is 6.78. The van der Waals surface area contributed by atoms with Crippen LogP contribution >= 0.6 is 11.3 Å². The van der Waals surface area contributed by atoms with Crippen molar-refractivity contribution in [3.8, 4) is 0 Å². The molecule has 0 amide bonds. The van der Waals surface area contributed by atoms with E-state index in [1.165, 1.54) is 11.3 Å². The molecule has 0 bridgehead atoms. The van der Waals surface area contributed by atoms with E-state index in [1.807, 2.05) is 19.2 Å². The van der Waals surface area contributed by atoms with Gasteiger partial charge < -0.3 is 5.32 Å². The van der Waals surface area contributed by atoms with Crippen molar-refractivity contribution in [2.75, 3.05) is 13.6 Å². The van der Waals surface area contributed by atoms with Crippen molar-refractivity contribution < 1.29 is 4.79 Å². The zero-order chi connectivity index (χ0) is 8.81. The Morgan fingerprint density at radius 2 is 2.58 bits per heavy atom. The first kappa shape index (κ1) is 9.09. The minimum absolute atomic E-state index is 0.504. The number of carbonyl (C=O) groups excluding carboxylic acids is 1. The third kappa shape index (κ3) is 2.56. The molecule has 0 aliphatic heterocycles. The topological polar surface area (TPSA) is 42.0 Å². The fourth-order valence-electron chi connectivity index (χ4n) is 0.709. The van der Waals surface area contributed by atoms with Gasteiger partial charge in [-0.1, -0.05) is 6.08 Å². The molecule has 1 rings (SSSR count). The SMILES string of the molecule is CNCC=Cc1nc(C=O)cs1. The van der Waals surface area contributed by atoms with Gasteiger partial charge in [0.05, 0.1) is 0 Å². The highest BCUT2D eigenvalue weighted by Gasteiger charge is 1.95. The Bertz CT molecular complexity index is 280. The second-order valence-electron chi connectivity index (χ2n) is 2.19. The summed E-state index contributed by atoms with van der Waals surface area (Å²) in [5.41, 5.74) is 0.504. The molecule has 1 N–H and O–H groups in total. The summed E-state index contributed by atoms with van der Waals surface area (Å²) < 4.78 is 0. The van der Waals surface area contributed by atoms with E-state index in [2.05, 4.69) is 10.3 Å². The Morgan fingerprint density at radius 3 is 3.17 bits per heavy atom. The van der Waals surface area contributed by atoms with Crippen molar-refractivity contribution in [2.24, 2.45) is 0 Å². The maximum atomic E-state index is 10.3. The van der Waals surface area contributed by atoms with Crippen molar-refractivity contribution in [3.63, 3.8) is 0 Å². The van der Waals surface area contributed by atoms with Gasteiger partial charge in [-0.05, 0) is 13.1 Å². The summed E-state index contributed by atoms with van der Waals surface area (Å²) in [7, 11) is 1.88. The minimum Gasteiger partial charge on any atom is -0.316 e. The second kappa shape index (κ2) is 4.79. The van der Waals surface area contributed by atoms with Crippen LogP contribution < -0.4 is 5.32 Å². The molecular formula is C8H10N2OS. The van der Waals surface area contributed by atoms with Crippen LogP contribution in [0.5, 0.6) is 0 Å². The highest BCUT2D eigenvalue weighted by Crippen LogP contribution is 2.09. The van der Waals surface area contributed by atoms with Crippen LogP contribution in [0.3, 0.4) is 0 Å². The van der Waals surface area contributed by atoms with E-state index in [4.69, 9.17) is 0 Å². The van der Waals surface area contributed by atoms with Crippen molar-refractivity contribution in [1.82, 2.24) is 10.3 Å². The number of aldehydes is 1. The lowest BCUT2D eigenvalue weighted by Crippen LogP contribution is -2.03. The van der Waals surface area contributed by atoms with Crippen LogP contribution in [0.4, 0.5) is 0 Å². The van der Waals surface area contributed by atoms with Crippen molar-refractivity contribution >= 4 is 23.7 Å². The van der Waals surface area contributed by atoms with E-state index in [9.17, 15) is 4.79 Å². The maximum Gasteiger partial charge on any atom is 0.169 e. The van der Waals surface area contributed by atoms with Gasteiger partial charge in [0, 0.05) is 11.9 Å². The molecule has 1 heterocycles. The molecule has 3 nitrogen and oxygen atoms in total. The van der Waals surface area contributed by atoms with Crippen LogP contribution in [0.15, 0.2) is 11.5 Å². The van der Waals surface area contributed by atoms with Gasteiger partial charge in [0.15, 0.2) is 6.29 Å². The van der Waals surface area contributed by atoms with E-state index in [1.54, 1.807) is 5.38 Å². The highest BCUT2D eigenvalue weighted by atomic mass is 32.1. The first-order chi connectivity index (χ1) is 5.86. The van der Waals surface area contributed by atoms with Crippen LogP contribution in [0, 0.1) is 0 Å². The predicted octanol–water partition coefficient (Wildman–Crippen LogP) is 1.19. The molecule has 0 spiro atoms. The maximum absolute atomic E-state index is 10.3. The van der Waals surface area contributed by atoms with Crippen LogP contribution in [-0.2, 0) is 0 Å². The summed E-state index contributed by atoms with van der Waals surface area (Å²) >= 11 is 1.47. The van der Waals surface area contributed by atoms with Gasteiger partial charge >= 0.3 is 0 Å². The summed E-state index contributed by atoms with van der Waals surface area (Å²) in [5, 5.41) is 5.59. The molecule has 64 valence electrons. The summed E-state index contributed by atoms with van der Waals surface area (Å²) in [4.78, 5) is 14.3. The molecular weight excluding hydrogens is 172 g/mol. The Hall–Kier alpha value is -1.00. The van der Waals surface area contributed by atoms with Crippen LogP contribution in [0.1, 0.15) is 15.5 Å². The Morgan fingerprint density at radius 1 is 1.75 bits per heavy atom. The Labute approximate surface area is 75.1 Å². The van der Waals surface area contributed by atoms with Crippen molar-refractivity contribution in [2.45, 2.75) is 0 Å². The monoisotopic (exact) mass is 182 g/mol. The van der Waals surface area contributed by atoms with Gasteiger partial charge in [0.25, 0.3) is 0 Å². The van der Waals surface area contributed by atoms with Gasteiger partial charge in [-0.25, -0.2) is 4.98 Å². The van der Waals surface area contributed by atoms with E-state index in [0.29, 0.717) is 5.69 Å². The van der Waals surface area contributed by atoms with E-state index in [-0.39, 0.29) is 0 Å². The van der Waals surface area contributed by atoms with Crippen molar-refractivity contribution in [1.29, 1.82) is 0 Å². The highest BCUT2D eigenvalue weighted by molar-refractivity contribution is 7.10. The van der Waals surface area contributed by atoms with Gasteiger partial charge in [0.2, 0.25) is 0 Å². The smallest absolute Gasteiger partial charge is 0.169 e. The third-order valence-corrected chi connectivity index (χ3v) is 2.07. The van der Waals surface area contributed by atoms with Crippen molar-refractivity contribution in [3.05, 3.63) is 22.2 Å². The molecule has 0 saturated heterocycles. The number of rotatable bonds is 4. The van der Waals surface area contributed by atoms with Gasteiger partial charge in [-0.3, -0.25) is 4.79 Å². The molecule has 0 unspecified atom stereocenters. The van der Waals surface area contributed by atoms with Gasteiger partial charge in [-0.2, -0.15) is 0 Å². The lowest BCUT2D eigenvalue weighted by atomic mass is 10.5. The summed E-state index contributed by atoms with van der Waals surface area (Å²) in [5.74, 6) is 0. The third-order valence-electron chi connectivity index (χ3n) is 1.24. The number of thiazole rings is 1. The number of likely N-dealkylation sites (N-methyl/N-ethyl adjacent to an activating group) is 1. The Kier molecular flexibility index (Phi) is 3.63. The van der Waals surface area contributed by atoms with Crippen LogP contribution in [-0.4, -0.2) is 24.9 Å². The molecule has 0 aromatic carbocycles. The van der Waals surface area contributed by atoms with E-state index in [0.717, 1.165) is 17.8 Å². The number of hydrogen-bond acceptors (Lipinski definition) is 4. The fraction of sp³-hybridized carbons (Fsp3) is 0.250. The molecule has 1 aromatic rings. The Balaban J connectivity index is 2.57. The first-order valence-electron chi connectivity index (χ1n) is 3.58. The fourth-order valence-corrected chi connectivity index (χ4v) is 1.39. The molecule has 0 radical (unpaired) electrons. The number of hydrogen-bond donors (Lipinski definition) is 1. The molecule has 1 aromatic heterocycles. The average molecular weight is 182 g/mol. The van der Waals surface area contributed by atoms with Gasteiger partial charge in [0.1, 0.15) is 10.7 Å². The zero-order valence-corrected chi connectivity index (χ0v) is 7.60. The lowest BCUT2D eigenvalue weighted by Gasteiger charge is -1.85. The molecule has 12 heavy (non-hydrogen) atoms. The minimum atomic E-state index is 0.504. The molecule has 0 atom stereocenters. The number of nitrogens with zero attached hydrogens (tertiary/aromatic N) is 1. The van der Waals surface area contributed by atoms with E-state index < -0.39 is 0 Å². The number of carbonyl (C=O) groups is 1. The quantitative estimate of drug-likeness (QED) is 0.711. The van der Waals surface area contributed by atoms with Crippen LogP contribution in [0.25, 0.3) is 6.08 Å². The van der Waals surface area contributed by atoms with Gasteiger partial charge in [-0.15, -0.1) is 11.3 Å². The predicted molar refractivity (Wildman–Crippen MR) is 50.5 cm³/mol. The second-order valence-corrected chi connectivity index (χ2v) is 3.08. The summed E-state index contributed by atoms with van der Waals surface area (Å²) in [6, 6.07) is 0. The van der Waals surface area contributed by atoms with Crippen LogP contribution in [0.2, 0.25) is 0 Å². The summed E-state index contributed by atoms with van der Waals surface area (Å²) in [6.07, 6.45) is 4.62. The largest absolute Gasteiger partial charge is 0.316 e. The standard InChI is InChI=1S/C8H10N2OS/c1-9-4-2-3-8-10-7(5-11)6-12-8/h2-3,5-6,9H,4H2,1H3. The number of aromatic nitrogens is 1. The normalized spacial score (nSPS) is 10.8. The molecule has 4 heteroatoms. The first-order valence-corrected chi connectivity index (χ1v) is 4.46. The van der Waals surface area contributed by atoms with E-state index >= 15 is 0 Å². The lowest BCUT2D eigenvalue weighted by molar-refractivity contribution is 0.111. The molecule has 0 aliphatic rings.